The van der Waals surface area contributed by atoms with Gasteiger partial charge in [-0.05, 0) is 30.7 Å². The van der Waals surface area contributed by atoms with Crippen molar-refractivity contribution in [3.05, 3.63) is 70.1 Å². The third-order valence-electron chi connectivity index (χ3n) is 4.14. The van der Waals surface area contributed by atoms with E-state index in [-0.39, 0.29) is 11.5 Å². The fourth-order valence-corrected chi connectivity index (χ4v) is 3.94. The molecule has 0 atom stereocenters. The van der Waals surface area contributed by atoms with E-state index >= 15 is 0 Å². The van der Waals surface area contributed by atoms with Crippen molar-refractivity contribution in [3.8, 4) is 16.9 Å². The van der Waals surface area contributed by atoms with Gasteiger partial charge < -0.3 is 14.8 Å². The second-order valence-electron chi connectivity index (χ2n) is 6.16. The number of rotatable bonds is 7. The molecule has 0 saturated heterocycles. The van der Waals surface area contributed by atoms with E-state index in [1.807, 2.05) is 25.1 Å². The summed E-state index contributed by atoms with van der Waals surface area (Å²) in [6.45, 7) is 2.59. The van der Waals surface area contributed by atoms with Gasteiger partial charge in [-0.1, -0.05) is 42.8 Å². The zero-order chi connectivity index (χ0) is 20.8. The van der Waals surface area contributed by atoms with E-state index in [1.54, 1.807) is 35.7 Å². The molecule has 29 heavy (non-hydrogen) atoms. The van der Waals surface area contributed by atoms with Gasteiger partial charge in [0, 0.05) is 27.1 Å². The minimum atomic E-state index is -0.545. The molecule has 0 bridgehead atoms. The summed E-state index contributed by atoms with van der Waals surface area (Å²) in [6.07, 6.45) is 0.874. The summed E-state index contributed by atoms with van der Waals surface area (Å²) >= 11 is 7.54. The van der Waals surface area contributed by atoms with E-state index in [9.17, 15) is 9.59 Å². The number of nitrogens with one attached hydrogen (secondary N) is 1. The van der Waals surface area contributed by atoms with Gasteiger partial charge in [-0.15, -0.1) is 11.3 Å². The van der Waals surface area contributed by atoms with Gasteiger partial charge in [0.1, 0.15) is 16.3 Å². The largest absolute Gasteiger partial charge is 0.494 e. The molecule has 0 saturated carbocycles. The number of anilines is 1. The maximum absolute atomic E-state index is 12.8. The highest BCUT2D eigenvalue weighted by molar-refractivity contribution is 7.15. The second-order valence-corrected chi connectivity index (χ2v) is 7.44. The molecule has 5 nitrogen and oxygen atoms in total. The van der Waals surface area contributed by atoms with Crippen LogP contribution in [0.2, 0.25) is 5.02 Å². The first kappa shape index (κ1) is 20.9. The van der Waals surface area contributed by atoms with Crippen molar-refractivity contribution in [2.45, 2.75) is 13.3 Å². The fraction of sp³-hybridized carbons (Fsp3) is 0.182. The Kier molecular flexibility index (Phi) is 6.90. The highest BCUT2D eigenvalue weighted by Gasteiger charge is 2.23. The maximum Gasteiger partial charge on any atom is 0.341 e. The Bertz CT molecular complexity index is 1030. The van der Waals surface area contributed by atoms with Crippen LogP contribution in [-0.4, -0.2) is 25.6 Å². The van der Waals surface area contributed by atoms with Gasteiger partial charge in [0.05, 0.1) is 13.7 Å². The number of halogens is 1. The summed E-state index contributed by atoms with van der Waals surface area (Å²) in [5.74, 6) is -0.267. The smallest absolute Gasteiger partial charge is 0.341 e. The third-order valence-corrected chi connectivity index (χ3v) is 5.37. The van der Waals surface area contributed by atoms with E-state index in [4.69, 9.17) is 21.1 Å². The first-order chi connectivity index (χ1) is 14.0. The van der Waals surface area contributed by atoms with Crippen molar-refractivity contribution in [2.24, 2.45) is 0 Å². The standard InChI is InChI=1S/C22H20ClNO4S/c1-3-11-28-15-8-6-7-14(12-15)20(25)24-21-19(22(26)27-2)17(13-29-21)16-9-4-5-10-18(16)23/h4-10,12-13H,3,11H2,1-2H3,(H,24,25). The molecule has 0 aliphatic carbocycles. The molecule has 3 aromatic rings. The van der Waals surface area contributed by atoms with E-state index < -0.39 is 5.97 Å². The Morgan fingerprint density at radius 2 is 1.90 bits per heavy atom. The van der Waals surface area contributed by atoms with Crippen LogP contribution >= 0.6 is 22.9 Å². The van der Waals surface area contributed by atoms with Gasteiger partial charge in [-0.3, -0.25) is 4.79 Å². The molecule has 7 heteroatoms. The average Bonchev–Trinajstić information content (AvgIpc) is 3.15. The second kappa shape index (κ2) is 9.58. The highest BCUT2D eigenvalue weighted by atomic mass is 35.5. The molecule has 1 aromatic heterocycles. The molecular weight excluding hydrogens is 410 g/mol. The number of benzene rings is 2. The monoisotopic (exact) mass is 429 g/mol. The first-order valence-electron chi connectivity index (χ1n) is 9.04. The van der Waals surface area contributed by atoms with E-state index in [0.29, 0.717) is 39.1 Å². The summed E-state index contributed by atoms with van der Waals surface area (Å²) in [6, 6.07) is 14.1. The van der Waals surface area contributed by atoms with Crippen LogP contribution in [-0.2, 0) is 4.74 Å². The Morgan fingerprint density at radius 1 is 1.10 bits per heavy atom. The molecule has 0 unspecified atom stereocenters. The zero-order valence-electron chi connectivity index (χ0n) is 16.0. The van der Waals surface area contributed by atoms with Gasteiger partial charge >= 0.3 is 5.97 Å². The third kappa shape index (κ3) is 4.78. The number of hydrogen-bond donors (Lipinski definition) is 1. The van der Waals surface area contributed by atoms with Crippen LogP contribution in [0, 0.1) is 0 Å². The summed E-state index contributed by atoms with van der Waals surface area (Å²) < 4.78 is 10.5. The molecule has 1 amide bonds. The molecule has 0 aliphatic rings. The molecule has 0 aliphatic heterocycles. The quantitative estimate of drug-likeness (QED) is 0.475. The Labute approximate surface area is 178 Å². The molecule has 0 fully saturated rings. The number of hydrogen-bond acceptors (Lipinski definition) is 5. The molecule has 150 valence electrons. The number of methoxy groups -OCH3 is 1. The SMILES string of the molecule is CCCOc1cccc(C(=O)Nc2scc(-c3ccccc3Cl)c2C(=O)OC)c1. The number of esters is 1. The van der Waals surface area contributed by atoms with Crippen molar-refractivity contribution in [3.63, 3.8) is 0 Å². The summed E-state index contributed by atoms with van der Waals surface area (Å²) in [5.41, 5.74) is 2.02. The Morgan fingerprint density at radius 3 is 2.62 bits per heavy atom. The number of amides is 1. The van der Waals surface area contributed by atoms with Crippen molar-refractivity contribution >= 4 is 39.8 Å². The average molecular weight is 430 g/mol. The van der Waals surface area contributed by atoms with Crippen molar-refractivity contribution in [1.29, 1.82) is 0 Å². The van der Waals surface area contributed by atoms with Crippen LogP contribution in [0.4, 0.5) is 5.00 Å². The summed E-state index contributed by atoms with van der Waals surface area (Å²) in [4.78, 5) is 25.2. The molecule has 0 spiro atoms. The van der Waals surface area contributed by atoms with Crippen molar-refractivity contribution in [2.75, 3.05) is 19.0 Å². The van der Waals surface area contributed by atoms with Gasteiger partial charge in [0.2, 0.25) is 0 Å². The lowest BCUT2D eigenvalue weighted by atomic mass is 10.0. The number of ether oxygens (including phenoxy) is 2. The fourth-order valence-electron chi connectivity index (χ4n) is 2.75. The van der Waals surface area contributed by atoms with Crippen LogP contribution in [0.1, 0.15) is 34.1 Å². The zero-order valence-corrected chi connectivity index (χ0v) is 17.6. The van der Waals surface area contributed by atoms with Crippen LogP contribution in [0.25, 0.3) is 11.1 Å². The van der Waals surface area contributed by atoms with Crippen LogP contribution in [0.3, 0.4) is 0 Å². The van der Waals surface area contributed by atoms with E-state index in [0.717, 1.165) is 6.42 Å². The predicted molar refractivity (Wildman–Crippen MR) is 116 cm³/mol. The topological polar surface area (TPSA) is 64.6 Å². The van der Waals surface area contributed by atoms with Crippen molar-refractivity contribution < 1.29 is 19.1 Å². The van der Waals surface area contributed by atoms with Gasteiger partial charge in [-0.25, -0.2) is 4.79 Å². The lowest BCUT2D eigenvalue weighted by Gasteiger charge is -2.10. The van der Waals surface area contributed by atoms with Gasteiger partial charge in [0.25, 0.3) is 5.91 Å². The molecule has 1 heterocycles. The van der Waals surface area contributed by atoms with E-state index in [1.165, 1.54) is 18.4 Å². The van der Waals surface area contributed by atoms with Gasteiger partial charge in [0.15, 0.2) is 0 Å². The molecule has 3 rings (SSSR count). The van der Waals surface area contributed by atoms with Crippen LogP contribution in [0.15, 0.2) is 53.9 Å². The Hall–Kier alpha value is -2.83. The maximum atomic E-state index is 12.8. The minimum Gasteiger partial charge on any atom is -0.494 e. The normalized spacial score (nSPS) is 10.4. The van der Waals surface area contributed by atoms with Gasteiger partial charge in [-0.2, -0.15) is 0 Å². The highest BCUT2D eigenvalue weighted by Crippen LogP contribution is 2.39. The first-order valence-corrected chi connectivity index (χ1v) is 10.3. The number of carbonyl (C=O) groups excluding carboxylic acids is 2. The number of thiophene rings is 1. The molecule has 0 radical (unpaired) electrons. The lowest BCUT2D eigenvalue weighted by Crippen LogP contribution is -2.14. The van der Waals surface area contributed by atoms with Crippen LogP contribution < -0.4 is 10.1 Å². The number of carbonyl (C=O) groups is 2. The van der Waals surface area contributed by atoms with Crippen LogP contribution in [0.5, 0.6) is 5.75 Å². The predicted octanol–water partition coefficient (Wildman–Crippen LogP) is 5.90. The molecular formula is C22H20ClNO4S. The lowest BCUT2D eigenvalue weighted by molar-refractivity contribution is 0.0603. The molecule has 1 N–H and O–H groups in total. The Balaban J connectivity index is 1.92. The minimum absolute atomic E-state index is 0.275. The summed E-state index contributed by atoms with van der Waals surface area (Å²) in [5, 5.41) is 5.50. The van der Waals surface area contributed by atoms with E-state index in [2.05, 4.69) is 5.32 Å². The van der Waals surface area contributed by atoms with Crippen molar-refractivity contribution in [1.82, 2.24) is 0 Å². The molecule has 2 aromatic carbocycles. The summed E-state index contributed by atoms with van der Waals surface area (Å²) in [7, 11) is 1.30.